The second kappa shape index (κ2) is 6.77. The van der Waals surface area contributed by atoms with Gasteiger partial charge in [-0.15, -0.1) is 0 Å². The highest BCUT2D eigenvalue weighted by molar-refractivity contribution is 5.84. The lowest BCUT2D eigenvalue weighted by atomic mass is 9.82. The van der Waals surface area contributed by atoms with E-state index in [1.807, 2.05) is 0 Å². The summed E-state index contributed by atoms with van der Waals surface area (Å²) in [6.07, 6.45) is 0.305. The summed E-state index contributed by atoms with van der Waals surface area (Å²) in [4.78, 5) is 25.5. The van der Waals surface area contributed by atoms with Gasteiger partial charge < -0.3 is 9.64 Å². The van der Waals surface area contributed by atoms with Gasteiger partial charge in [0.1, 0.15) is 19.0 Å². The number of carbonyl (C=O) groups is 2. The van der Waals surface area contributed by atoms with Crippen molar-refractivity contribution in [2.75, 3.05) is 19.8 Å². The van der Waals surface area contributed by atoms with E-state index < -0.39 is 25.3 Å². The van der Waals surface area contributed by atoms with Gasteiger partial charge in [0.15, 0.2) is 0 Å². The maximum absolute atomic E-state index is 12.0. The number of Topliss-reactive ketones (excluding diaryl/α,β-unsaturated/α-hetero) is 1. The monoisotopic (exact) mass is 307 g/mol. The Hall–Kier alpha value is -1.11. The number of amides is 1. The maximum atomic E-state index is 12.0. The normalized spacial score (nSPS) is 27.2. The van der Waals surface area contributed by atoms with Gasteiger partial charge in [-0.05, 0) is 25.7 Å². The van der Waals surface area contributed by atoms with Crippen molar-refractivity contribution >= 4 is 11.7 Å². The molecule has 0 aromatic heterocycles. The molecule has 2 rings (SSSR count). The summed E-state index contributed by atoms with van der Waals surface area (Å²) in [5.41, 5.74) is 0. The van der Waals surface area contributed by atoms with Gasteiger partial charge in [-0.3, -0.25) is 9.59 Å². The molecule has 0 aromatic rings. The number of ether oxygens (including phenoxy) is 1. The first kappa shape index (κ1) is 16.3. The summed E-state index contributed by atoms with van der Waals surface area (Å²) in [7, 11) is 0. The molecule has 2 aliphatic rings. The molecular weight excluding hydrogens is 287 g/mol. The topological polar surface area (TPSA) is 46.6 Å². The summed E-state index contributed by atoms with van der Waals surface area (Å²) in [6, 6.07) is -0.153. The zero-order valence-corrected chi connectivity index (χ0v) is 11.8. The molecule has 0 spiro atoms. The number of nitrogens with zero attached hydrogens (tertiary/aromatic N) is 1. The molecule has 1 aliphatic carbocycles. The van der Waals surface area contributed by atoms with Crippen molar-refractivity contribution in [3.63, 3.8) is 0 Å². The molecule has 0 radical (unpaired) electrons. The number of carbonyl (C=O) groups excluding carboxylic acids is 2. The molecular formula is C14H20F3NO3. The Kier molecular flexibility index (Phi) is 5.24. The largest absolute Gasteiger partial charge is 0.411 e. The van der Waals surface area contributed by atoms with E-state index in [1.165, 1.54) is 0 Å². The molecule has 0 N–H and O–H groups in total. The number of halogens is 3. The molecule has 4 nitrogen and oxygen atoms in total. The molecule has 1 saturated heterocycles. The summed E-state index contributed by atoms with van der Waals surface area (Å²) in [6.45, 7) is -1.49. The highest BCUT2D eigenvalue weighted by atomic mass is 19.4. The van der Waals surface area contributed by atoms with Crippen LogP contribution < -0.4 is 0 Å². The van der Waals surface area contributed by atoms with Crippen LogP contribution in [-0.2, 0) is 14.3 Å². The van der Waals surface area contributed by atoms with Crippen LogP contribution in [0.3, 0.4) is 0 Å². The number of hydrogen-bond donors (Lipinski definition) is 0. The summed E-state index contributed by atoms with van der Waals surface area (Å²) in [5.74, 6) is -0.407. The van der Waals surface area contributed by atoms with Crippen LogP contribution in [0.1, 0.15) is 38.5 Å². The Labute approximate surface area is 121 Å². The fraction of sp³-hybridized carbons (Fsp3) is 0.857. The maximum Gasteiger partial charge on any atom is 0.411 e. The Morgan fingerprint density at radius 2 is 2.00 bits per heavy atom. The van der Waals surface area contributed by atoms with Crippen LogP contribution in [-0.4, -0.2) is 48.6 Å². The van der Waals surface area contributed by atoms with E-state index in [-0.39, 0.29) is 17.7 Å². The molecule has 2 atom stereocenters. The predicted octanol–water partition coefficient (Wildman–Crippen LogP) is 2.32. The quantitative estimate of drug-likeness (QED) is 0.801. The highest BCUT2D eigenvalue weighted by Crippen LogP contribution is 2.32. The number of likely N-dealkylation sites (tertiary alicyclic amines) is 1. The molecule has 1 heterocycles. The third-order valence-corrected chi connectivity index (χ3v) is 4.18. The average molecular weight is 307 g/mol. The fourth-order valence-corrected chi connectivity index (χ4v) is 3.27. The zero-order chi connectivity index (χ0) is 15.5. The minimum Gasteiger partial charge on any atom is -0.362 e. The van der Waals surface area contributed by atoms with Crippen molar-refractivity contribution in [1.29, 1.82) is 0 Å². The van der Waals surface area contributed by atoms with Crippen molar-refractivity contribution in [3.05, 3.63) is 0 Å². The van der Waals surface area contributed by atoms with Gasteiger partial charge in [0.05, 0.1) is 0 Å². The van der Waals surface area contributed by atoms with Gasteiger partial charge >= 0.3 is 6.18 Å². The lowest BCUT2D eigenvalue weighted by Crippen LogP contribution is -2.45. The van der Waals surface area contributed by atoms with Crippen LogP contribution in [0.2, 0.25) is 0 Å². The lowest BCUT2D eigenvalue weighted by molar-refractivity contribution is -0.178. The number of rotatable bonds is 4. The van der Waals surface area contributed by atoms with E-state index in [0.29, 0.717) is 13.0 Å². The first-order valence-electron chi connectivity index (χ1n) is 7.35. The molecule has 1 amide bonds. The minimum absolute atomic E-state index is 0.146. The van der Waals surface area contributed by atoms with Gasteiger partial charge in [-0.1, -0.05) is 6.42 Å². The van der Waals surface area contributed by atoms with Crippen LogP contribution >= 0.6 is 0 Å². The number of ketones is 1. The van der Waals surface area contributed by atoms with E-state index in [9.17, 15) is 22.8 Å². The fourth-order valence-electron chi connectivity index (χ4n) is 3.27. The van der Waals surface area contributed by atoms with E-state index in [0.717, 1.165) is 32.1 Å². The molecule has 1 aliphatic heterocycles. The first-order chi connectivity index (χ1) is 9.88. The van der Waals surface area contributed by atoms with Crippen LogP contribution in [0.15, 0.2) is 0 Å². The Bertz CT molecular complexity index is 397. The molecule has 2 unspecified atom stereocenters. The average Bonchev–Trinajstić information content (AvgIpc) is 2.86. The standard InChI is InChI=1S/C14H20F3NO3/c15-14(16,17)9-21-8-13(20)18-7-3-5-11(18)10-4-1-2-6-12(10)19/h10-11H,1-9H2. The van der Waals surface area contributed by atoms with Crippen molar-refractivity contribution < 1.29 is 27.5 Å². The van der Waals surface area contributed by atoms with Crippen molar-refractivity contribution in [2.45, 2.75) is 50.7 Å². The smallest absolute Gasteiger partial charge is 0.362 e. The third kappa shape index (κ3) is 4.43. The summed E-state index contributed by atoms with van der Waals surface area (Å²) >= 11 is 0. The molecule has 7 heteroatoms. The van der Waals surface area contributed by atoms with Crippen LogP contribution in [0.25, 0.3) is 0 Å². The Morgan fingerprint density at radius 3 is 2.67 bits per heavy atom. The second-order valence-corrected chi connectivity index (χ2v) is 5.72. The van der Waals surface area contributed by atoms with Crippen molar-refractivity contribution in [1.82, 2.24) is 4.90 Å². The number of hydrogen-bond acceptors (Lipinski definition) is 3. The van der Waals surface area contributed by atoms with E-state index >= 15 is 0 Å². The van der Waals surface area contributed by atoms with Gasteiger partial charge in [0, 0.05) is 24.9 Å². The van der Waals surface area contributed by atoms with Gasteiger partial charge in [-0.2, -0.15) is 13.2 Å². The van der Waals surface area contributed by atoms with Crippen LogP contribution in [0.4, 0.5) is 13.2 Å². The minimum atomic E-state index is -4.43. The zero-order valence-electron chi connectivity index (χ0n) is 11.8. The van der Waals surface area contributed by atoms with Crippen LogP contribution in [0, 0.1) is 5.92 Å². The molecule has 21 heavy (non-hydrogen) atoms. The molecule has 1 saturated carbocycles. The van der Waals surface area contributed by atoms with Gasteiger partial charge in [0.25, 0.3) is 0 Å². The molecule has 0 bridgehead atoms. The SMILES string of the molecule is O=C1CCCCC1C1CCCN1C(=O)COCC(F)(F)F. The van der Waals surface area contributed by atoms with Gasteiger partial charge in [0.2, 0.25) is 5.91 Å². The Balaban J connectivity index is 1.88. The first-order valence-corrected chi connectivity index (χ1v) is 7.35. The van der Waals surface area contributed by atoms with Crippen molar-refractivity contribution in [3.8, 4) is 0 Å². The summed E-state index contributed by atoms with van der Waals surface area (Å²) < 4.78 is 40.5. The molecule has 0 aromatic carbocycles. The number of alkyl halides is 3. The van der Waals surface area contributed by atoms with Gasteiger partial charge in [-0.25, -0.2) is 0 Å². The molecule has 2 fully saturated rings. The van der Waals surface area contributed by atoms with Crippen molar-refractivity contribution in [2.24, 2.45) is 5.92 Å². The lowest BCUT2D eigenvalue weighted by Gasteiger charge is -2.33. The molecule has 120 valence electrons. The second-order valence-electron chi connectivity index (χ2n) is 5.72. The van der Waals surface area contributed by atoms with E-state index in [4.69, 9.17) is 0 Å². The highest BCUT2D eigenvalue weighted by Gasteiger charge is 2.39. The van der Waals surface area contributed by atoms with E-state index in [2.05, 4.69) is 4.74 Å². The predicted molar refractivity (Wildman–Crippen MR) is 68.6 cm³/mol. The Morgan fingerprint density at radius 1 is 1.24 bits per heavy atom. The third-order valence-electron chi connectivity index (χ3n) is 4.18. The van der Waals surface area contributed by atoms with Crippen LogP contribution in [0.5, 0.6) is 0 Å². The van der Waals surface area contributed by atoms with E-state index in [1.54, 1.807) is 4.90 Å². The summed E-state index contributed by atoms with van der Waals surface area (Å²) in [5, 5.41) is 0.